The van der Waals surface area contributed by atoms with Crippen LogP contribution >= 0.6 is 0 Å². The lowest BCUT2D eigenvalue weighted by Crippen LogP contribution is -2.40. The van der Waals surface area contributed by atoms with E-state index in [4.69, 9.17) is 4.42 Å². The van der Waals surface area contributed by atoms with Gasteiger partial charge < -0.3 is 15.1 Å². The first kappa shape index (κ1) is 13.3. The molecule has 92 valence electrons. The summed E-state index contributed by atoms with van der Waals surface area (Å²) >= 11 is 0. The van der Waals surface area contributed by atoms with Crippen LogP contribution in [0.3, 0.4) is 0 Å². The summed E-state index contributed by atoms with van der Waals surface area (Å²) in [5.74, 6) is 1.98. The SMILES string of the molecule is Cc1ccc(C(C)NCCNC(C)(C)C)o1. The summed E-state index contributed by atoms with van der Waals surface area (Å²) in [5.41, 5.74) is 0.187. The number of furan rings is 1. The molecular weight excluding hydrogens is 200 g/mol. The molecule has 0 aliphatic heterocycles. The van der Waals surface area contributed by atoms with Crippen molar-refractivity contribution in [1.82, 2.24) is 10.6 Å². The van der Waals surface area contributed by atoms with Crippen molar-refractivity contribution in [2.45, 2.75) is 46.2 Å². The Morgan fingerprint density at radius 1 is 1.25 bits per heavy atom. The highest BCUT2D eigenvalue weighted by molar-refractivity contribution is 5.08. The average Bonchev–Trinajstić information content (AvgIpc) is 2.57. The van der Waals surface area contributed by atoms with Crippen LogP contribution in [0.15, 0.2) is 16.5 Å². The Hall–Kier alpha value is -0.800. The van der Waals surface area contributed by atoms with Crippen molar-refractivity contribution in [3.63, 3.8) is 0 Å². The standard InChI is InChI=1S/C13H24N2O/c1-10-6-7-12(16-10)11(2)14-8-9-15-13(3,4)5/h6-7,11,14-15H,8-9H2,1-5H3. The molecule has 3 heteroatoms. The molecule has 1 aromatic rings. The van der Waals surface area contributed by atoms with Gasteiger partial charge in [-0.3, -0.25) is 0 Å². The van der Waals surface area contributed by atoms with Gasteiger partial charge in [0.05, 0.1) is 6.04 Å². The van der Waals surface area contributed by atoms with Crippen LogP contribution in [-0.2, 0) is 0 Å². The normalized spacial score (nSPS) is 14.1. The van der Waals surface area contributed by atoms with E-state index in [1.807, 2.05) is 19.1 Å². The highest BCUT2D eigenvalue weighted by atomic mass is 16.3. The van der Waals surface area contributed by atoms with Gasteiger partial charge in [0.15, 0.2) is 0 Å². The second kappa shape index (κ2) is 5.51. The lowest BCUT2D eigenvalue weighted by atomic mass is 10.1. The number of aryl methyl sites for hydroxylation is 1. The molecule has 1 unspecified atom stereocenters. The molecule has 0 aliphatic carbocycles. The third-order valence-electron chi connectivity index (χ3n) is 2.42. The molecule has 16 heavy (non-hydrogen) atoms. The zero-order valence-electron chi connectivity index (χ0n) is 11.1. The van der Waals surface area contributed by atoms with E-state index in [-0.39, 0.29) is 11.6 Å². The number of rotatable bonds is 5. The average molecular weight is 224 g/mol. The third-order valence-corrected chi connectivity index (χ3v) is 2.42. The summed E-state index contributed by atoms with van der Waals surface area (Å²) in [6, 6.07) is 4.31. The lowest BCUT2D eigenvalue weighted by Gasteiger charge is -2.21. The molecule has 3 nitrogen and oxygen atoms in total. The number of nitrogens with one attached hydrogen (secondary N) is 2. The molecule has 0 saturated carbocycles. The fraction of sp³-hybridized carbons (Fsp3) is 0.692. The summed E-state index contributed by atoms with van der Waals surface area (Å²) in [6.45, 7) is 12.5. The molecule has 1 rings (SSSR count). The Balaban J connectivity index is 2.23. The van der Waals surface area contributed by atoms with Gasteiger partial charge in [-0.2, -0.15) is 0 Å². The van der Waals surface area contributed by atoms with Gasteiger partial charge in [-0.25, -0.2) is 0 Å². The highest BCUT2D eigenvalue weighted by Crippen LogP contribution is 2.14. The van der Waals surface area contributed by atoms with Crippen LogP contribution in [0.1, 0.15) is 45.3 Å². The molecule has 0 amide bonds. The van der Waals surface area contributed by atoms with E-state index >= 15 is 0 Å². The maximum atomic E-state index is 5.56. The number of hydrogen-bond donors (Lipinski definition) is 2. The van der Waals surface area contributed by atoms with Gasteiger partial charge in [-0.15, -0.1) is 0 Å². The van der Waals surface area contributed by atoms with Crippen molar-refractivity contribution in [1.29, 1.82) is 0 Å². The van der Waals surface area contributed by atoms with Crippen molar-refractivity contribution >= 4 is 0 Å². The topological polar surface area (TPSA) is 37.2 Å². The van der Waals surface area contributed by atoms with Crippen LogP contribution in [0.2, 0.25) is 0 Å². The molecule has 0 bridgehead atoms. The molecule has 1 heterocycles. The molecule has 0 aromatic carbocycles. The van der Waals surface area contributed by atoms with Gasteiger partial charge >= 0.3 is 0 Å². The molecule has 0 fully saturated rings. The largest absolute Gasteiger partial charge is 0.465 e. The zero-order chi connectivity index (χ0) is 12.2. The van der Waals surface area contributed by atoms with Gasteiger partial charge in [-0.1, -0.05) is 0 Å². The molecule has 0 saturated heterocycles. The molecule has 2 N–H and O–H groups in total. The Labute approximate surface area is 98.6 Å². The fourth-order valence-electron chi connectivity index (χ4n) is 1.51. The molecular formula is C13H24N2O. The molecule has 0 aliphatic rings. The fourth-order valence-corrected chi connectivity index (χ4v) is 1.51. The van der Waals surface area contributed by atoms with Gasteiger partial charge in [0.25, 0.3) is 0 Å². The predicted molar refractivity (Wildman–Crippen MR) is 67.6 cm³/mol. The minimum absolute atomic E-state index is 0.187. The predicted octanol–water partition coefficient (Wildman–Crippen LogP) is 2.63. The Kier molecular flexibility index (Phi) is 4.56. The zero-order valence-corrected chi connectivity index (χ0v) is 11.1. The van der Waals surface area contributed by atoms with E-state index in [0.29, 0.717) is 0 Å². The maximum Gasteiger partial charge on any atom is 0.120 e. The van der Waals surface area contributed by atoms with Crippen molar-refractivity contribution in [3.8, 4) is 0 Å². The molecule has 0 radical (unpaired) electrons. The monoisotopic (exact) mass is 224 g/mol. The lowest BCUT2D eigenvalue weighted by molar-refractivity contribution is 0.389. The van der Waals surface area contributed by atoms with Crippen molar-refractivity contribution in [2.75, 3.05) is 13.1 Å². The first-order chi connectivity index (χ1) is 7.38. The Morgan fingerprint density at radius 2 is 1.94 bits per heavy atom. The van der Waals surface area contributed by atoms with E-state index in [0.717, 1.165) is 24.6 Å². The van der Waals surface area contributed by atoms with E-state index in [1.54, 1.807) is 0 Å². The first-order valence-electron chi connectivity index (χ1n) is 5.93. The van der Waals surface area contributed by atoms with Crippen LogP contribution in [0, 0.1) is 6.92 Å². The second-order valence-corrected chi connectivity index (χ2v) is 5.30. The van der Waals surface area contributed by atoms with Crippen LogP contribution in [0.4, 0.5) is 0 Å². The van der Waals surface area contributed by atoms with Gasteiger partial charge in [0, 0.05) is 18.6 Å². The van der Waals surface area contributed by atoms with E-state index < -0.39 is 0 Å². The Morgan fingerprint density at radius 3 is 2.44 bits per heavy atom. The quantitative estimate of drug-likeness (QED) is 0.755. The van der Waals surface area contributed by atoms with Crippen LogP contribution in [0.25, 0.3) is 0 Å². The molecule has 1 atom stereocenters. The van der Waals surface area contributed by atoms with Crippen LogP contribution < -0.4 is 10.6 Å². The summed E-state index contributed by atoms with van der Waals surface area (Å²) in [5, 5.41) is 6.87. The van der Waals surface area contributed by atoms with Crippen molar-refractivity contribution in [2.24, 2.45) is 0 Å². The van der Waals surface area contributed by atoms with Crippen molar-refractivity contribution in [3.05, 3.63) is 23.7 Å². The van der Waals surface area contributed by atoms with E-state index in [2.05, 4.69) is 38.3 Å². The van der Waals surface area contributed by atoms with Crippen LogP contribution in [-0.4, -0.2) is 18.6 Å². The highest BCUT2D eigenvalue weighted by Gasteiger charge is 2.10. The van der Waals surface area contributed by atoms with Gasteiger partial charge in [0.1, 0.15) is 11.5 Å². The summed E-state index contributed by atoms with van der Waals surface area (Å²) in [7, 11) is 0. The third kappa shape index (κ3) is 4.81. The summed E-state index contributed by atoms with van der Waals surface area (Å²) in [6.07, 6.45) is 0. The minimum Gasteiger partial charge on any atom is -0.465 e. The van der Waals surface area contributed by atoms with E-state index in [9.17, 15) is 0 Å². The van der Waals surface area contributed by atoms with Crippen molar-refractivity contribution < 1.29 is 4.42 Å². The van der Waals surface area contributed by atoms with Gasteiger partial charge in [-0.05, 0) is 46.8 Å². The maximum absolute atomic E-state index is 5.56. The number of hydrogen-bond acceptors (Lipinski definition) is 3. The van der Waals surface area contributed by atoms with E-state index in [1.165, 1.54) is 0 Å². The smallest absolute Gasteiger partial charge is 0.120 e. The Bertz CT molecular complexity index is 312. The first-order valence-corrected chi connectivity index (χ1v) is 5.93. The summed E-state index contributed by atoms with van der Waals surface area (Å²) in [4.78, 5) is 0. The molecule has 0 spiro atoms. The van der Waals surface area contributed by atoms with Crippen LogP contribution in [0.5, 0.6) is 0 Å². The summed E-state index contributed by atoms with van der Waals surface area (Å²) < 4.78 is 5.56. The van der Waals surface area contributed by atoms with Gasteiger partial charge in [0.2, 0.25) is 0 Å². The second-order valence-electron chi connectivity index (χ2n) is 5.30. The molecule has 1 aromatic heterocycles. The minimum atomic E-state index is 0.187.